The van der Waals surface area contributed by atoms with Crippen molar-refractivity contribution in [3.8, 4) is 50.5 Å². The van der Waals surface area contributed by atoms with Gasteiger partial charge in [0.2, 0.25) is 0 Å². The average molecular weight is 739 g/mol. The van der Waals surface area contributed by atoms with Crippen LogP contribution in [0, 0.1) is 0 Å². The number of aromatic nitrogens is 4. The van der Waals surface area contributed by atoms with Gasteiger partial charge < -0.3 is 0 Å². The van der Waals surface area contributed by atoms with Crippen molar-refractivity contribution in [1.29, 1.82) is 0 Å². The molecule has 0 unspecified atom stereocenters. The molecule has 4 heteroatoms. The quantitative estimate of drug-likeness (QED) is 0.165. The molecule has 0 saturated carbocycles. The SMILES string of the molecule is c1ccc(-c2cccc(-c3cc(-c4cccc(-c5ccccc5)c4)nc(-n4c5ccccc5c5ccc6c7ccccc7n7c8ccccc8nc7c6c54)c3)c2)cc1. The summed E-state index contributed by atoms with van der Waals surface area (Å²) >= 11 is 0. The van der Waals surface area contributed by atoms with Crippen LogP contribution in [-0.4, -0.2) is 18.9 Å². The Labute approximate surface area is 334 Å². The number of rotatable bonds is 5. The molecule has 0 aliphatic heterocycles. The normalized spacial score (nSPS) is 11.8. The van der Waals surface area contributed by atoms with Crippen molar-refractivity contribution in [3.63, 3.8) is 0 Å². The Balaban J connectivity index is 1.21. The maximum Gasteiger partial charge on any atom is 0.148 e. The fraction of sp³-hybridized carbons (Fsp3) is 0. The third-order valence-corrected chi connectivity index (χ3v) is 11.7. The van der Waals surface area contributed by atoms with E-state index in [0.29, 0.717) is 0 Å². The van der Waals surface area contributed by atoms with E-state index in [1.807, 2.05) is 0 Å². The van der Waals surface area contributed by atoms with E-state index in [0.717, 1.165) is 77.8 Å². The minimum absolute atomic E-state index is 0.851. The molecule has 0 N–H and O–H groups in total. The van der Waals surface area contributed by atoms with Crippen molar-refractivity contribution in [2.75, 3.05) is 0 Å². The molecule has 270 valence electrons. The summed E-state index contributed by atoms with van der Waals surface area (Å²) in [4.78, 5) is 11.0. The average Bonchev–Trinajstić information content (AvgIpc) is 3.86. The molecule has 0 radical (unpaired) electrons. The number of pyridine rings is 2. The summed E-state index contributed by atoms with van der Waals surface area (Å²) in [5.74, 6) is 0.851. The second-order valence-electron chi connectivity index (χ2n) is 15.0. The number of para-hydroxylation sites is 4. The van der Waals surface area contributed by atoms with E-state index >= 15 is 0 Å². The summed E-state index contributed by atoms with van der Waals surface area (Å²) < 4.78 is 4.73. The molecule has 12 aromatic rings. The van der Waals surface area contributed by atoms with Crippen LogP contribution < -0.4 is 0 Å². The summed E-state index contributed by atoms with van der Waals surface area (Å²) in [6.07, 6.45) is 0. The molecule has 0 aliphatic carbocycles. The van der Waals surface area contributed by atoms with E-state index in [2.05, 4.69) is 215 Å². The van der Waals surface area contributed by atoms with Crippen LogP contribution in [0.2, 0.25) is 0 Å². The number of nitrogens with zero attached hydrogens (tertiary/aromatic N) is 4. The summed E-state index contributed by atoms with van der Waals surface area (Å²) in [5.41, 5.74) is 15.2. The van der Waals surface area contributed by atoms with Crippen LogP contribution >= 0.6 is 0 Å². The van der Waals surface area contributed by atoms with Gasteiger partial charge in [0.05, 0.1) is 38.7 Å². The summed E-state index contributed by atoms with van der Waals surface area (Å²) in [7, 11) is 0. The Morgan fingerprint density at radius 2 is 0.862 bits per heavy atom. The van der Waals surface area contributed by atoms with Gasteiger partial charge in [0, 0.05) is 21.7 Å². The third-order valence-electron chi connectivity index (χ3n) is 11.7. The van der Waals surface area contributed by atoms with Gasteiger partial charge >= 0.3 is 0 Å². The van der Waals surface area contributed by atoms with Crippen LogP contribution in [0.1, 0.15) is 0 Å². The minimum atomic E-state index is 0.851. The second-order valence-corrected chi connectivity index (χ2v) is 15.0. The Bertz CT molecular complexity index is 3460. The number of hydrogen-bond acceptors (Lipinski definition) is 2. The van der Waals surface area contributed by atoms with E-state index in [1.54, 1.807) is 0 Å². The van der Waals surface area contributed by atoms with Gasteiger partial charge in [-0.2, -0.15) is 0 Å². The van der Waals surface area contributed by atoms with E-state index in [9.17, 15) is 0 Å². The highest BCUT2D eigenvalue weighted by molar-refractivity contribution is 6.27. The largest absolute Gasteiger partial charge is 0.293 e. The smallest absolute Gasteiger partial charge is 0.148 e. The minimum Gasteiger partial charge on any atom is -0.293 e. The Morgan fingerprint density at radius 3 is 1.59 bits per heavy atom. The predicted molar refractivity (Wildman–Crippen MR) is 242 cm³/mol. The van der Waals surface area contributed by atoms with Gasteiger partial charge in [-0.3, -0.25) is 8.97 Å². The lowest BCUT2D eigenvalue weighted by molar-refractivity contribution is 1.09. The van der Waals surface area contributed by atoms with E-state index in [4.69, 9.17) is 9.97 Å². The molecule has 4 nitrogen and oxygen atoms in total. The predicted octanol–water partition coefficient (Wildman–Crippen LogP) is 14.0. The monoisotopic (exact) mass is 738 g/mol. The molecular formula is C54H34N4. The van der Waals surface area contributed by atoms with Gasteiger partial charge in [-0.1, -0.05) is 158 Å². The van der Waals surface area contributed by atoms with Gasteiger partial charge in [-0.25, -0.2) is 9.97 Å². The Kier molecular flexibility index (Phi) is 7.20. The third kappa shape index (κ3) is 5.02. The van der Waals surface area contributed by atoms with Crippen molar-refractivity contribution in [2.24, 2.45) is 0 Å². The van der Waals surface area contributed by atoms with Gasteiger partial charge in [0.1, 0.15) is 11.5 Å². The molecule has 0 aliphatic rings. The first-order valence-corrected chi connectivity index (χ1v) is 19.7. The van der Waals surface area contributed by atoms with E-state index < -0.39 is 0 Å². The zero-order valence-electron chi connectivity index (χ0n) is 31.4. The topological polar surface area (TPSA) is 35.1 Å². The molecule has 8 aromatic carbocycles. The van der Waals surface area contributed by atoms with Gasteiger partial charge in [-0.05, 0) is 87.3 Å². The lowest BCUT2D eigenvalue weighted by atomic mass is 9.97. The van der Waals surface area contributed by atoms with Crippen molar-refractivity contribution in [2.45, 2.75) is 0 Å². The highest BCUT2D eigenvalue weighted by Gasteiger charge is 2.22. The van der Waals surface area contributed by atoms with Crippen molar-refractivity contribution in [1.82, 2.24) is 18.9 Å². The molecule has 0 atom stereocenters. The highest BCUT2D eigenvalue weighted by atomic mass is 15.1. The molecule has 0 bridgehead atoms. The first-order valence-electron chi connectivity index (χ1n) is 19.7. The van der Waals surface area contributed by atoms with Crippen LogP contribution in [0.25, 0.3) is 111 Å². The molecule has 4 aromatic heterocycles. The zero-order chi connectivity index (χ0) is 38.2. The molecule has 0 amide bonds. The van der Waals surface area contributed by atoms with Crippen molar-refractivity contribution < 1.29 is 0 Å². The van der Waals surface area contributed by atoms with Crippen LogP contribution in [0.4, 0.5) is 0 Å². The fourth-order valence-electron chi connectivity index (χ4n) is 9.02. The summed E-state index contributed by atoms with van der Waals surface area (Å²) in [6, 6.07) is 73.8. The number of imidazole rings is 1. The lowest BCUT2D eigenvalue weighted by Gasteiger charge is -2.16. The summed E-state index contributed by atoms with van der Waals surface area (Å²) in [5, 5.41) is 5.79. The van der Waals surface area contributed by atoms with Crippen LogP contribution in [-0.2, 0) is 0 Å². The van der Waals surface area contributed by atoms with Crippen molar-refractivity contribution >= 4 is 60.2 Å². The molecule has 12 rings (SSSR count). The number of fused-ring (bicyclic) bond motifs is 12. The molecular weight excluding hydrogens is 705 g/mol. The first kappa shape index (κ1) is 32.4. The second kappa shape index (κ2) is 12.9. The standard InChI is InChI=1S/C54H34N4/c1-3-15-35(16-4-1)37-19-13-21-39(31-37)41-33-47(40-22-14-20-38(32-40)36-17-5-2-6-18-36)55-51(34-41)58-49-27-11-8-24-43(49)45-30-29-44-42-23-7-10-26-48(42)57-50-28-12-9-25-46(50)56-54(57)52(44)53(45)58/h1-34H. The zero-order valence-corrected chi connectivity index (χ0v) is 31.4. The lowest BCUT2D eigenvalue weighted by Crippen LogP contribution is -2.01. The molecule has 0 saturated heterocycles. The maximum atomic E-state index is 5.61. The fourth-order valence-corrected chi connectivity index (χ4v) is 9.02. The Hall–Kier alpha value is -7.82. The van der Waals surface area contributed by atoms with Crippen LogP contribution in [0.15, 0.2) is 206 Å². The van der Waals surface area contributed by atoms with Crippen molar-refractivity contribution in [3.05, 3.63) is 206 Å². The summed E-state index contributed by atoms with van der Waals surface area (Å²) in [6.45, 7) is 0. The number of hydrogen-bond donors (Lipinski definition) is 0. The first-order chi connectivity index (χ1) is 28.8. The molecule has 4 heterocycles. The van der Waals surface area contributed by atoms with Crippen LogP contribution in [0.3, 0.4) is 0 Å². The van der Waals surface area contributed by atoms with Gasteiger partial charge in [0.25, 0.3) is 0 Å². The van der Waals surface area contributed by atoms with E-state index in [-0.39, 0.29) is 0 Å². The van der Waals surface area contributed by atoms with Gasteiger partial charge in [0.15, 0.2) is 0 Å². The maximum absolute atomic E-state index is 5.61. The molecule has 58 heavy (non-hydrogen) atoms. The molecule has 0 spiro atoms. The number of benzene rings is 8. The molecule has 0 fully saturated rings. The van der Waals surface area contributed by atoms with Crippen LogP contribution in [0.5, 0.6) is 0 Å². The van der Waals surface area contributed by atoms with E-state index in [1.165, 1.54) is 32.8 Å². The van der Waals surface area contributed by atoms with Gasteiger partial charge in [-0.15, -0.1) is 0 Å². The Morgan fingerprint density at radius 1 is 0.328 bits per heavy atom. The highest BCUT2D eigenvalue weighted by Crippen LogP contribution is 2.42.